The Kier molecular flexibility index (Phi) is 15.0. The summed E-state index contributed by atoms with van der Waals surface area (Å²) >= 11 is 0. The summed E-state index contributed by atoms with van der Waals surface area (Å²) in [4.78, 5) is 10.8. The smallest absolute Gasteiger partial charge is 0.303 e. The van der Waals surface area contributed by atoms with Gasteiger partial charge in [0.05, 0.1) is 12.2 Å². The van der Waals surface area contributed by atoms with Crippen molar-refractivity contribution in [3.05, 3.63) is 0 Å². The molecule has 4 unspecified atom stereocenters. The van der Waals surface area contributed by atoms with Crippen molar-refractivity contribution in [1.82, 2.24) is 0 Å². The first kappa shape index (κ1) is 34.7. The molecule has 1 heterocycles. The first-order chi connectivity index (χ1) is 18.4. The van der Waals surface area contributed by atoms with E-state index in [0.29, 0.717) is 18.3 Å². The molecule has 1 saturated carbocycles. The van der Waals surface area contributed by atoms with Crippen molar-refractivity contribution >= 4 is 14.3 Å². The van der Waals surface area contributed by atoms with Gasteiger partial charge in [0, 0.05) is 25.6 Å². The Morgan fingerprint density at radius 3 is 2.36 bits per heavy atom. The zero-order valence-corrected chi connectivity index (χ0v) is 27.4. The summed E-state index contributed by atoms with van der Waals surface area (Å²) in [5, 5.41) is 20.3. The van der Waals surface area contributed by atoms with Gasteiger partial charge in [0.2, 0.25) is 0 Å². The van der Waals surface area contributed by atoms with E-state index in [2.05, 4.69) is 47.7 Å². The van der Waals surface area contributed by atoms with Crippen LogP contribution in [0.1, 0.15) is 131 Å². The number of hydrogen-bond acceptors (Lipinski definition) is 5. The minimum atomic E-state index is -1.91. The van der Waals surface area contributed by atoms with Gasteiger partial charge in [0.1, 0.15) is 0 Å². The second-order valence-corrected chi connectivity index (χ2v) is 18.8. The molecule has 0 aromatic carbocycles. The Morgan fingerprint density at radius 1 is 1.03 bits per heavy atom. The molecule has 2 aliphatic rings. The van der Waals surface area contributed by atoms with Crippen molar-refractivity contribution in [1.29, 1.82) is 0 Å². The van der Waals surface area contributed by atoms with Gasteiger partial charge in [0.25, 0.3) is 0 Å². The molecule has 1 aliphatic heterocycles. The molecule has 0 bridgehead atoms. The molecule has 39 heavy (non-hydrogen) atoms. The van der Waals surface area contributed by atoms with E-state index >= 15 is 0 Å². The highest BCUT2D eigenvalue weighted by Gasteiger charge is 2.45. The second-order valence-electron chi connectivity index (χ2n) is 14.1. The minimum Gasteiger partial charge on any atom is -0.481 e. The van der Waals surface area contributed by atoms with Gasteiger partial charge in [-0.25, -0.2) is 0 Å². The van der Waals surface area contributed by atoms with E-state index in [0.717, 1.165) is 70.8 Å². The monoisotopic (exact) mass is 570 g/mol. The van der Waals surface area contributed by atoms with Crippen molar-refractivity contribution in [2.45, 2.75) is 174 Å². The van der Waals surface area contributed by atoms with E-state index in [-0.39, 0.29) is 42.0 Å². The summed E-state index contributed by atoms with van der Waals surface area (Å²) in [6.45, 7) is 17.1. The lowest BCUT2D eigenvalue weighted by molar-refractivity contribution is -0.196. The van der Waals surface area contributed by atoms with Crippen LogP contribution >= 0.6 is 0 Å². The predicted octanol–water partition coefficient (Wildman–Crippen LogP) is 8.32. The first-order valence-corrected chi connectivity index (χ1v) is 19.1. The van der Waals surface area contributed by atoms with E-state index in [4.69, 9.17) is 19.0 Å². The van der Waals surface area contributed by atoms with Gasteiger partial charge >= 0.3 is 5.97 Å². The van der Waals surface area contributed by atoms with E-state index in [1.54, 1.807) is 0 Å². The lowest BCUT2D eigenvalue weighted by Gasteiger charge is -2.41. The molecule has 6 nitrogen and oxygen atoms in total. The van der Waals surface area contributed by atoms with Crippen molar-refractivity contribution < 1.29 is 28.9 Å². The molecule has 0 spiro atoms. The summed E-state index contributed by atoms with van der Waals surface area (Å²) in [5.74, 6) is 0.318. The Morgan fingerprint density at radius 2 is 1.74 bits per heavy atom. The quantitative estimate of drug-likeness (QED) is 0.127. The Labute approximate surface area is 241 Å². The van der Waals surface area contributed by atoms with E-state index < -0.39 is 14.3 Å². The molecule has 0 radical (unpaired) electrons. The lowest BCUT2D eigenvalue weighted by Crippen LogP contribution is -2.45. The molecule has 0 amide bonds. The van der Waals surface area contributed by atoms with Gasteiger partial charge in [-0.15, -0.1) is 0 Å². The molecule has 1 aliphatic carbocycles. The molecule has 7 heteroatoms. The van der Waals surface area contributed by atoms with Crippen LogP contribution in [0.4, 0.5) is 0 Å². The van der Waals surface area contributed by atoms with Gasteiger partial charge in [0.15, 0.2) is 14.6 Å². The van der Waals surface area contributed by atoms with E-state index in [9.17, 15) is 9.90 Å². The molecule has 1 saturated heterocycles. The summed E-state index contributed by atoms with van der Waals surface area (Å²) in [5.41, 5.74) is 0. The fourth-order valence-corrected chi connectivity index (χ4v) is 7.68. The molecule has 2 N–H and O–H groups in total. The Hall–Kier alpha value is -0.473. The van der Waals surface area contributed by atoms with Gasteiger partial charge in [-0.3, -0.25) is 4.79 Å². The number of aliphatic carboxylic acids is 1. The van der Waals surface area contributed by atoms with Crippen LogP contribution in [0.25, 0.3) is 0 Å². The lowest BCUT2D eigenvalue weighted by atomic mass is 9.83. The third-order valence-corrected chi connectivity index (χ3v) is 14.3. The van der Waals surface area contributed by atoms with Crippen LogP contribution in [0.2, 0.25) is 18.1 Å². The second kappa shape index (κ2) is 16.8. The number of rotatable bonds is 18. The average Bonchev–Trinajstić information content (AvgIpc) is 3.15. The highest BCUT2D eigenvalue weighted by molar-refractivity contribution is 6.74. The maximum Gasteiger partial charge on any atom is 0.303 e. The van der Waals surface area contributed by atoms with Crippen molar-refractivity contribution in [3.8, 4) is 0 Å². The fraction of sp³-hybridized carbons (Fsp3) is 0.969. The molecule has 7 atom stereocenters. The molecule has 230 valence electrons. The van der Waals surface area contributed by atoms with Crippen LogP contribution in [0.3, 0.4) is 0 Å². The van der Waals surface area contributed by atoms with Gasteiger partial charge in [-0.1, -0.05) is 66.7 Å². The number of aliphatic hydroxyl groups excluding tert-OH is 1. The standard InChI is InChI=1S/C32H62O6Si/c1-8-9-16-24(2)28(38-39(6,7)32(3,4)5)21-20-26-25(17-12-10-11-13-18-30(34)35)27(33)23-29(26)37-31-19-14-15-22-36-31/h24-29,31,33H,8-23H2,1-7H3,(H,34,35)/t24?,25-,26-,27+,28?,29?,31?/m1/s1. The zero-order chi connectivity index (χ0) is 29.1. The first-order valence-electron chi connectivity index (χ1n) is 16.2. The van der Waals surface area contributed by atoms with Crippen LogP contribution < -0.4 is 0 Å². The van der Waals surface area contributed by atoms with Crippen molar-refractivity contribution in [2.75, 3.05) is 6.61 Å². The number of carboxylic acids is 1. The fourth-order valence-electron chi connectivity index (χ4n) is 6.22. The molecule has 0 aromatic rings. The predicted molar refractivity (Wildman–Crippen MR) is 161 cm³/mol. The minimum absolute atomic E-state index is 0.0274. The van der Waals surface area contributed by atoms with Crippen LogP contribution in [0, 0.1) is 17.8 Å². The summed E-state index contributed by atoms with van der Waals surface area (Å²) in [6, 6.07) is 0. The summed E-state index contributed by atoms with van der Waals surface area (Å²) < 4.78 is 19.6. The van der Waals surface area contributed by atoms with Gasteiger partial charge in [-0.05, 0) is 87.3 Å². The Balaban J connectivity index is 2.11. The molecule has 2 fully saturated rings. The van der Waals surface area contributed by atoms with Crippen molar-refractivity contribution in [2.24, 2.45) is 17.8 Å². The number of carbonyl (C=O) groups is 1. The molecule has 0 aromatic heterocycles. The highest BCUT2D eigenvalue weighted by atomic mass is 28.4. The summed E-state index contributed by atoms with van der Waals surface area (Å²) in [7, 11) is -1.91. The normalized spacial score (nSPS) is 27.9. The largest absolute Gasteiger partial charge is 0.481 e. The third-order valence-electron chi connectivity index (χ3n) is 9.82. The SMILES string of the molecule is CCCCC(C)C(CC[C@H]1C(OC2CCCCO2)C[C@H](O)[C@@H]1CCCCCCC(=O)O)O[Si](C)(C)C(C)(C)C. The maximum absolute atomic E-state index is 11.2. The number of unbranched alkanes of at least 4 members (excludes halogenated alkanes) is 4. The number of hydrogen-bond donors (Lipinski definition) is 2. The van der Waals surface area contributed by atoms with Crippen LogP contribution in [0.5, 0.6) is 0 Å². The Bertz CT molecular complexity index is 687. The van der Waals surface area contributed by atoms with Crippen LogP contribution in [-0.4, -0.2) is 55.7 Å². The maximum atomic E-state index is 11.2. The topological polar surface area (TPSA) is 85.2 Å². The number of ether oxygens (including phenoxy) is 2. The molecular formula is C32H62O6Si. The van der Waals surface area contributed by atoms with E-state index in [1.807, 2.05) is 0 Å². The highest BCUT2D eigenvalue weighted by Crippen LogP contribution is 2.44. The zero-order valence-electron chi connectivity index (χ0n) is 26.4. The van der Waals surface area contributed by atoms with Crippen molar-refractivity contribution in [3.63, 3.8) is 0 Å². The number of aliphatic hydroxyl groups is 1. The molecule has 2 rings (SSSR count). The van der Waals surface area contributed by atoms with E-state index in [1.165, 1.54) is 19.3 Å². The number of carboxylic acid groups (broad SMARTS) is 1. The third kappa shape index (κ3) is 11.7. The molecular weight excluding hydrogens is 508 g/mol. The van der Waals surface area contributed by atoms with Crippen LogP contribution in [0.15, 0.2) is 0 Å². The summed E-state index contributed by atoms with van der Waals surface area (Å²) in [6.07, 6.45) is 14.2. The van der Waals surface area contributed by atoms with Crippen LogP contribution in [-0.2, 0) is 18.7 Å². The van der Waals surface area contributed by atoms with Gasteiger partial charge < -0.3 is 24.1 Å². The van der Waals surface area contributed by atoms with Gasteiger partial charge in [-0.2, -0.15) is 0 Å². The average molecular weight is 571 g/mol.